The molecule has 2 aromatic rings. The van der Waals surface area contributed by atoms with E-state index < -0.39 is 0 Å². The largest absolute Gasteiger partial charge is 0.453 e. The van der Waals surface area contributed by atoms with Crippen LogP contribution < -0.4 is 0 Å². The summed E-state index contributed by atoms with van der Waals surface area (Å²) < 4.78 is 19.8. The molecule has 7 heteroatoms. The van der Waals surface area contributed by atoms with Gasteiger partial charge >= 0.3 is 6.09 Å². The molecule has 2 unspecified atom stereocenters. The van der Waals surface area contributed by atoms with Gasteiger partial charge in [0.05, 0.1) is 43.8 Å². The lowest BCUT2D eigenvalue weighted by atomic mass is 9.83. The summed E-state index contributed by atoms with van der Waals surface area (Å²) in [6, 6.07) is 10.5. The van der Waals surface area contributed by atoms with Crippen LogP contribution in [0.25, 0.3) is 5.57 Å². The molecule has 3 heterocycles. The maximum absolute atomic E-state index is 12.8. The number of nitrogens with zero attached hydrogens (tertiary/aromatic N) is 3. The van der Waals surface area contributed by atoms with Crippen molar-refractivity contribution in [3.8, 4) is 0 Å². The minimum absolute atomic E-state index is 0.0688. The fraction of sp³-hybridized carbons (Fsp3) is 0.586. The predicted octanol–water partition coefficient (Wildman–Crippen LogP) is 5.86. The summed E-state index contributed by atoms with van der Waals surface area (Å²) in [4.78, 5) is 14.6. The molecule has 0 N–H and O–H groups in total. The first kappa shape index (κ1) is 25.0. The fourth-order valence-corrected chi connectivity index (χ4v) is 6.15. The Hall–Kier alpha value is -2.64. The number of hydrogen-bond donors (Lipinski definition) is 0. The Balaban J connectivity index is 1.32. The van der Waals surface area contributed by atoms with Crippen LogP contribution in [0, 0.1) is 6.92 Å². The monoisotopic (exact) mass is 493 g/mol. The molecule has 194 valence electrons. The zero-order valence-corrected chi connectivity index (χ0v) is 21.8. The lowest BCUT2D eigenvalue weighted by Gasteiger charge is -2.33. The number of ether oxygens (including phenoxy) is 3. The maximum Gasteiger partial charge on any atom is 0.410 e. The van der Waals surface area contributed by atoms with Crippen molar-refractivity contribution in [3.05, 3.63) is 59.4 Å². The third-order valence-electron chi connectivity index (χ3n) is 8.06. The molecule has 1 amide bonds. The second kappa shape index (κ2) is 11.2. The first-order valence-corrected chi connectivity index (χ1v) is 13.5. The van der Waals surface area contributed by atoms with Gasteiger partial charge in [0.2, 0.25) is 0 Å². The van der Waals surface area contributed by atoms with Crippen molar-refractivity contribution in [2.75, 3.05) is 20.3 Å². The number of rotatable bonds is 6. The third-order valence-corrected chi connectivity index (χ3v) is 8.06. The van der Waals surface area contributed by atoms with Crippen molar-refractivity contribution >= 4 is 11.7 Å². The Morgan fingerprint density at radius 2 is 1.89 bits per heavy atom. The van der Waals surface area contributed by atoms with Crippen LogP contribution in [0.1, 0.15) is 80.8 Å². The molecule has 0 spiro atoms. The molecule has 1 saturated heterocycles. The van der Waals surface area contributed by atoms with Crippen LogP contribution >= 0.6 is 0 Å². The lowest BCUT2D eigenvalue weighted by molar-refractivity contribution is -0.0402. The summed E-state index contributed by atoms with van der Waals surface area (Å²) in [5, 5.41) is 4.70. The zero-order valence-electron chi connectivity index (χ0n) is 21.8. The smallest absolute Gasteiger partial charge is 0.410 e. The maximum atomic E-state index is 12.8. The van der Waals surface area contributed by atoms with Gasteiger partial charge in [0, 0.05) is 12.2 Å². The minimum atomic E-state index is -0.326. The van der Waals surface area contributed by atoms with Crippen molar-refractivity contribution in [1.29, 1.82) is 0 Å². The van der Waals surface area contributed by atoms with Crippen LogP contribution in [0.3, 0.4) is 0 Å². The van der Waals surface area contributed by atoms with E-state index in [2.05, 4.69) is 43.3 Å². The van der Waals surface area contributed by atoms with E-state index in [0.29, 0.717) is 12.5 Å². The van der Waals surface area contributed by atoms with Crippen LogP contribution in [-0.2, 0) is 14.2 Å². The van der Waals surface area contributed by atoms with Crippen molar-refractivity contribution in [1.82, 2.24) is 14.7 Å². The first-order chi connectivity index (χ1) is 17.6. The second-order valence-electron chi connectivity index (χ2n) is 10.4. The van der Waals surface area contributed by atoms with E-state index in [1.165, 1.54) is 12.7 Å². The van der Waals surface area contributed by atoms with Crippen LogP contribution in [-0.4, -0.2) is 59.3 Å². The van der Waals surface area contributed by atoms with Crippen LogP contribution in [0.2, 0.25) is 0 Å². The molecule has 3 aliphatic rings. The standard InChI is InChI=1S/C29H39N3O4/c1-20-18-30-32(27-11-7-8-16-35-27)28(20)25-17-21(2)31(29(33)34-3)26(25)19-36-24-14-12-23(13-15-24)22-9-5-4-6-10-22/h4-6,9-10,17-18,21,23-24,26-27H,7-8,11-16,19H2,1-3H3/t21-,23-,24+,26?,27?/m1/s1. The molecule has 2 aliphatic heterocycles. The zero-order chi connectivity index (χ0) is 25.1. The van der Waals surface area contributed by atoms with Gasteiger partial charge in [-0.15, -0.1) is 0 Å². The Morgan fingerprint density at radius 3 is 2.58 bits per heavy atom. The van der Waals surface area contributed by atoms with E-state index in [-0.39, 0.29) is 30.5 Å². The Bertz CT molecular complexity index is 1050. The number of aryl methyl sites for hydroxylation is 1. The predicted molar refractivity (Wildman–Crippen MR) is 139 cm³/mol. The molecule has 2 fully saturated rings. The topological polar surface area (TPSA) is 65.8 Å². The summed E-state index contributed by atoms with van der Waals surface area (Å²) in [5.41, 5.74) is 4.63. The van der Waals surface area contributed by atoms with Crippen LogP contribution in [0.5, 0.6) is 0 Å². The molecular weight excluding hydrogens is 454 g/mol. The molecule has 5 rings (SSSR count). The van der Waals surface area contributed by atoms with Gasteiger partial charge in [-0.25, -0.2) is 9.48 Å². The molecule has 1 aliphatic carbocycles. The number of methoxy groups -OCH3 is 1. The average molecular weight is 494 g/mol. The second-order valence-corrected chi connectivity index (χ2v) is 10.4. The molecule has 3 atom stereocenters. The number of benzene rings is 1. The Kier molecular flexibility index (Phi) is 7.77. The summed E-state index contributed by atoms with van der Waals surface area (Å²) in [6.07, 6.45) is 11.4. The van der Waals surface area contributed by atoms with Crippen LogP contribution in [0.15, 0.2) is 42.6 Å². The van der Waals surface area contributed by atoms with Crippen molar-refractivity contribution in [3.63, 3.8) is 0 Å². The number of carbonyl (C=O) groups is 1. The van der Waals surface area contributed by atoms with Gasteiger partial charge in [-0.3, -0.25) is 4.90 Å². The van der Waals surface area contributed by atoms with E-state index in [1.807, 2.05) is 22.7 Å². The Morgan fingerprint density at radius 1 is 1.11 bits per heavy atom. The Labute approximate surface area is 214 Å². The SMILES string of the molecule is COC(=O)N1C(CO[C@H]2CC[C@@H](c3ccccc3)CC2)C(c2c(C)cnn2C2CCCCO2)=C[C@H]1C. The molecule has 1 aromatic heterocycles. The average Bonchev–Trinajstić information content (AvgIpc) is 3.47. The van der Waals surface area contributed by atoms with Gasteiger partial charge in [-0.1, -0.05) is 36.4 Å². The molecule has 1 saturated carbocycles. The number of amides is 1. The molecule has 1 aromatic carbocycles. The molecule has 7 nitrogen and oxygen atoms in total. The highest BCUT2D eigenvalue weighted by Gasteiger charge is 2.40. The molecular formula is C29H39N3O4. The number of hydrogen-bond acceptors (Lipinski definition) is 5. The lowest BCUT2D eigenvalue weighted by Crippen LogP contribution is -2.44. The molecule has 36 heavy (non-hydrogen) atoms. The summed E-state index contributed by atoms with van der Waals surface area (Å²) in [5.74, 6) is 0.604. The summed E-state index contributed by atoms with van der Waals surface area (Å²) in [7, 11) is 1.45. The van der Waals surface area contributed by atoms with Gasteiger partial charge in [-0.2, -0.15) is 5.10 Å². The fourth-order valence-electron chi connectivity index (χ4n) is 6.15. The van der Waals surface area contributed by atoms with Gasteiger partial charge < -0.3 is 14.2 Å². The van der Waals surface area contributed by atoms with E-state index in [1.54, 1.807) is 0 Å². The van der Waals surface area contributed by atoms with E-state index in [0.717, 1.165) is 68.4 Å². The van der Waals surface area contributed by atoms with E-state index >= 15 is 0 Å². The summed E-state index contributed by atoms with van der Waals surface area (Å²) in [6.45, 7) is 5.32. The third kappa shape index (κ3) is 5.09. The van der Waals surface area contributed by atoms with Gasteiger partial charge in [0.1, 0.15) is 0 Å². The van der Waals surface area contributed by atoms with Crippen LogP contribution in [0.4, 0.5) is 4.79 Å². The van der Waals surface area contributed by atoms with E-state index in [9.17, 15) is 4.79 Å². The first-order valence-electron chi connectivity index (χ1n) is 13.5. The quantitative estimate of drug-likeness (QED) is 0.505. The van der Waals surface area contributed by atoms with Crippen molar-refractivity contribution in [2.24, 2.45) is 0 Å². The molecule has 0 radical (unpaired) electrons. The highest BCUT2D eigenvalue weighted by molar-refractivity contribution is 5.80. The van der Waals surface area contributed by atoms with Gasteiger partial charge in [-0.05, 0) is 75.8 Å². The van der Waals surface area contributed by atoms with Gasteiger partial charge in [0.25, 0.3) is 0 Å². The molecule has 0 bridgehead atoms. The highest BCUT2D eigenvalue weighted by Crippen LogP contribution is 2.38. The number of carbonyl (C=O) groups excluding carboxylic acids is 1. The van der Waals surface area contributed by atoms with Gasteiger partial charge in [0.15, 0.2) is 6.23 Å². The normalized spacial score (nSPS) is 28.7. The van der Waals surface area contributed by atoms with Crippen molar-refractivity contribution in [2.45, 2.75) is 89.1 Å². The van der Waals surface area contributed by atoms with Crippen molar-refractivity contribution < 1.29 is 19.0 Å². The minimum Gasteiger partial charge on any atom is -0.453 e. The highest BCUT2D eigenvalue weighted by atomic mass is 16.5. The summed E-state index contributed by atoms with van der Waals surface area (Å²) >= 11 is 0. The van der Waals surface area contributed by atoms with E-state index in [4.69, 9.17) is 19.3 Å². The number of aromatic nitrogens is 2.